The summed E-state index contributed by atoms with van der Waals surface area (Å²) in [7, 11) is 0. The summed E-state index contributed by atoms with van der Waals surface area (Å²) < 4.78 is 0. The fourth-order valence-electron chi connectivity index (χ4n) is 2.49. The van der Waals surface area contributed by atoms with E-state index in [4.69, 9.17) is 0 Å². The number of benzene rings is 1. The maximum atomic E-state index is 10.9. The zero-order chi connectivity index (χ0) is 15.8. The van der Waals surface area contributed by atoms with Crippen molar-refractivity contribution in [1.29, 1.82) is 0 Å². The van der Waals surface area contributed by atoms with Crippen molar-refractivity contribution in [3.05, 3.63) is 34.4 Å². The van der Waals surface area contributed by atoms with E-state index < -0.39 is 0 Å². The van der Waals surface area contributed by atoms with Gasteiger partial charge in [0.2, 0.25) is 0 Å². The van der Waals surface area contributed by atoms with Gasteiger partial charge < -0.3 is 15.5 Å². The van der Waals surface area contributed by atoms with E-state index in [2.05, 4.69) is 27.4 Å². The van der Waals surface area contributed by atoms with E-state index in [-0.39, 0.29) is 34.6 Å². The summed E-state index contributed by atoms with van der Waals surface area (Å²) in [4.78, 5) is 17.4. The SMILES string of the molecule is CCNC(=NCCNc1ccccc1[N+](=O)[O-])N1CCCC1.I. The summed E-state index contributed by atoms with van der Waals surface area (Å²) in [5.41, 5.74) is 0.631. The van der Waals surface area contributed by atoms with Gasteiger partial charge in [-0.2, -0.15) is 0 Å². The van der Waals surface area contributed by atoms with Gasteiger partial charge in [0.15, 0.2) is 5.96 Å². The third kappa shape index (κ3) is 5.85. The normalized spacial score (nSPS) is 14.3. The molecule has 0 amide bonds. The third-order valence-corrected chi connectivity index (χ3v) is 3.53. The largest absolute Gasteiger partial charge is 0.378 e. The first-order valence-electron chi connectivity index (χ1n) is 7.73. The van der Waals surface area contributed by atoms with Gasteiger partial charge in [0.1, 0.15) is 5.69 Å². The van der Waals surface area contributed by atoms with Crippen LogP contribution in [0.1, 0.15) is 19.8 Å². The average molecular weight is 433 g/mol. The van der Waals surface area contributed by atoms with E-state index in [0.717, 1.165) is 25.6 Å². The van der Waals surface area contributed by atoms with Crippen LogP contribution in [0.4, 0.5) is 11.4 Å². The van der Waals surface area contributed by atoms with Gasteiger partial charge in [-0.25, -0.2) is 0 Å². The lowest BCUT2D eigenvalue weighted by Gasteiger charge is -2.20. The second kappa shape index (κ2) is 10.2. The number of nitro groups is 1. The Morgan fingerprint density at radius 1 is 1.35 bits per heavy atom. The van der Waals surface area contributed by atoms with Gasteiger partial charge in [-0.1, -0.05) is 12.1 Å². The summed E-state index contributed by atoms with van der Waals surface area (Å²) in [6.07, 6.45) is 2.41. The second-order valence-corrected chi connectivity index (χ2v) is 5.13. The number of halogens is 1. The number of guanidine groups is 1. The van der Waals surface area contributed by atoms with Crippen molar-refractivity contribution in [2.45, 2.75) is 19.8 Å². The highest BCUT2D eigenvalue weighted by Gasteiger charge is 2.15. The Labute approximate surface area is 153 Å². The minimum absolute atomic E-state index is 0. The van der Waals surface area contributed by atoms with Crippen molar-refractivity contribution in [2.75, 3.05) is 38.0 Å². The standard InChI is InChI=1S/C15H23N5O2.HI/c1-2-16-15(19-11-5-6-12-19)18-10-9-17-13-7-3-4-8-14(13)20(21)22;/h3-4,7-8,17H,2,5-6,9-12H2,1H3,(H,16,18);1H. The Morgan fingerprint density at radius 3 is 2.70 bits per heavy atom. The molecule has 0 spiro atoms. The number of rotatable bonds is 6. The number of nitro benzene ring substituents is 1. The van der Waals surface area contributed by atoms with E-state index in [1.54, 1.807) is 18.2 Å². The Morgan fingerprint density at radius 2 is 2.04 bits per heavy atom. The number of nitrogens with one attached hydrogen (secondary N) is 2. The molecular formula is C15H24IN5O2. The predicted octanol–water partition coefficient (Wildman–Crippen LogP) is 2.69. The van der Waals surface area contributed by atoms with Gasteiger partial charge in [-0.3, -0.25) is 15.1 Å². The van der Waals surface area contributed by atoms with E-state index in [0.29, 0.717) is 18.8 Å². The Kier molecular flexibility index (Phi) is 8.67. The second-order valence-electron chi connectivity index (χ2n) is 5.13. The van der Waals surface area contributed by atoms with Gasteiger partial charge in [0.05, 0.1) is 11.5 Å². The lowest BCUT2D eigenvalue weighted by molar-refractivity contribution is -0.384. The molecule has 0 saturated carbocycles. The summed E-state index contributed by atoms with van der Waals surface area (Å²) in [5, 5.41) is 17.3. The fourth-order valence-corrected chi connectivity index (χ4v) is 2.49. The monoisotopic (exact) mass is 433 g/mol. The van der Waals surface area contributed by atoms with Crippen LogP contribution >= 0.6 is 24.0 Å². The zero-order valence-electron chi connectivity index (χ0n) is 13.3. The molecular weight excluding hydrogens is 409 g/mol. The molecule has 0 atom stereocenters. The number of hydrogen-bond donors (Lipinski definition) is 2. The molecule has 1 saturated heterocycles. The summed E-state index contributed by atoms with van der Waals surface area (Å²) in [5.74, 6) is 0.935. The average Bonchev–Trinajstić information content (AvgIpc) is 3.05. The molecule has 8 heteroatoms. The number of anilines is 1. The molecule has 7 nitrogen and oxygen atoms in total. The molecule has 1 aromatic carbocycles. The lowest BCUT2D eigenvalue weighted by Crippen LogP contribution is -2.39. The van der Waals surface area contributed by atoms with Crippen LogP contribution < -0.4 is 10.6 Å². The Bertz CT molecular complexity index is 532. The molecule has 128 valence electrons. The highest BCUT2D eigenvalue weighted by Crippen LogP contribution is 2.22. The molecule has 2 N–H and O–H groups in total. The van der Waals surface area contributed by atoms with Crippen LogP contribution in [0.25, 0.3) is 0 Å². The molecule has 2 rings (SSSR count). The van der Waals surface area contributed by atoms with Crippen LogP contribution in [0.3, 0.4) is 0 Å². The molecule has 0 radical (unpaired) electrons. The van der Waals surface area contributed by atoms with Crippen molar-refractivity contribution in [3.8, 4) is 0 Å². The molecule has 1 heterocycles. The zero-order valence-corrected chi connectivity index (χ0v) is 15.7. The van der Waals surface area contributed by atoms with Crippen molar-refractivity contribution in [2.24, 2.45) is 4.99 Å². The van der Waals surface area contributed by atoms with Crippen LogP contribution in [-0.2, 0) is 0 Å². The quantitative estimate of drug-likeness (QED) is 0.180. The summed E-state index contributed by atoms with van der Waals surface area (Å²) in [6, 6.07) is 6.67. The highest BCUT2D eigenvalue weighted by atomic mass is 127. The molecule has 0 aliphatic carbocycles. The van der Waals surface area contributed by atoms with E-state index >= 15 is 0 Å². The Hall–Kier alpha value is -1.58. The van der Waals surface area contributed by atoms with Crippen molar-refractivity contribution >= 4 is 41.3 Å². The van der Waals surface area contributed by atoms with Crippen molar-refractivity contribution in [1.82, 2.24) is 10.2 Å². The van der Waals surface area contributed by atoms with E-state index in [1.165, 1.54) is 18.9 Å². The number of nitrogens with zero attached hydrogens (tertiary/aromatic N) is 3. The van der Waals surface area contributed by atoms with Crippen molar-refractivity contribution in [3.63, 3.8) is 0 Å². The third-order valence-electron chi connectivity index (χ3n) is 3.53. The maximum absolute atomic E-state index is 10.9. The number of likely N-dealkylation sites (tertiary alicyclic amines) is 1. The van der Waals surface area contributed by atoms with Crippen LogP contribution in [-0.4, -0.2) is 48.5 Å². The molecule has 0 unspecified atom stereocenters. The first-order chi connectivity index (χ1) is 10.7. The van der Waals surface area contributed by atoms with Crippen LogP contribution in [0.2, 0.25) is 0 Å². The molecule has 0 bridgehead atoms. The minimum Gasteiger partial charge on any atom is -0.378 e. The lowest BCUT2D eigenvalue weighted by atomic mass is 10.2. The first-order valence-corrected chi connectivity index (χ1v) is 7.73. The summed E-state index contributed by atoms with van der Waals surface area (Å²) >= 11 is 0. The molecule has 0 aromatic heterocycles. The van der Waals surface area contributed by atoms with E-state index in [9.17, 15) is 10.1 Å². The highest BCUT2D eigenvalue weighted by molar-refractivity contribution is 14.0. The van der Waals surface area contributed by atoms with E-state index in [1.807, 2.05) is 0 Å². The van der Waals surface area contributed by atoms with Gasteiger partial charge in [0.25, 0.3) is 5.69 Å². The number of para-hydroxylation sites is 2. The first kappa shape index (κ1) is 19.5. The van der Waals surface area contributed by atoms with Gasteiger partial charge in [-0.15, -0.1) is 24.0 Å². The molecule has 1 aromatic rings. The van der Waals surface area contributed by atoms with Crippen LogP contribution in [0.15, 0.2) is 29.3 Å². The molecule has 1 fully saturated rings. The van der Waals surface area contributed by atoms with Crippen LogP contribution in [0, 0.1) is 10.1 Å². The fraction of sp³-hybridized carbons (Fsp3) is 0.533. The van der Waals surface area contributed by atoms with Gasteiger partial charge >= 0.3 is 0 Å². The summed E-state index contributed by atoms with van der Waals surface area (Å²) in [6.45, 7) is 6.12. The predicted molar refractivity (Wildman–Crippen MR) is 104 cm³/mol. The number of aliphatic imine (C=N–C) groups is 1. The van der Waals surface area contributed by atoms with Gasteiger partial charge in [0, 0.05) is 32.2 Å². The number of hydrogen-bond acceptors (Lipinski definition) is 4. The van der Waals surface area contributed by atoms with Crippen LogP contribution in [0.5, 0.6) is 0 Å². The molecule has 23 heavy (non-hydrogen) atoms. The van der Waals surface area contributed by atoms with Gasteiger partial charge in [-0.05, 0) is 25.8 Å². The minimum atomic E-state index is -0.375. The maximum Gasteiger partial charge on any atom is 0.292 e. The smallest absolute Gasteiger partial charge is 0.292 e. The van der Waals surface area contributed by atoms with Crippen molar-refractivity contribution < 1.29 is 4.92 Å². The molecule has 1 aliphatic rings. The molecule has 1 aliphatic heterocycles. The topological polar surface area (TPSA) is 82.8 Å². The Balaban J connectivity index is 0.00000264.